The third kappa shape index (κ3) is 4.10. The lowest BCUT2D eigenvalue weighted by Gasteiger charge is -2.12. The van der Waals surface area contributed by atoms with Crippen molar-refractivity contribution >= 4 is 33.2 Å². The monoisotopic (exact) mass is 344 g/mol. The first-order valence-corrected chi connectivity index (χ1v) is 8.34. The molecular weight excluding hydrogens is 324 g/mol. The number of benzene rings is 2. The van der Waals surface area contributed by atoms with Gasteiger partial charge < -0.3 is 10.1 Å². The van der Waals surface area contributed by atoms with Gasteiger partial charge in [-0.05, 0) is 18.7 Å². The van der Waals surface area contributed by atoms with Crippen molar-refractivity contribution in [1.29, 1.82) is 0 Å². The fraction of sp³-hybridized carbons (Fsp3) is 0.333. The molecule has 0 aliphatic rings. The Morgan fingerprint density at radius 3 is 2.36 bits per heavy atom. The summed E-state index contributed by atoms with van der Waals surface area (Å²) in [4.78, 5) is 0.274. The molecule has 0 aromatic heterocycles. The van der Waals surface area contributed by atoms with Crippen molar-refractivity contribution in [3.8, 4) is 5.75 Å². The van der Waals surface area contributed by atoms with Crippen molar-refractivity contribution in [3.63, 3.8) is 0 Å². The molecule has 0 bridgehead atoms. The van der Waals surface area contributed by atoms with Gasteiger partial charge in [0.25, 0.3) is 0 Å². The highest BCUT2D eigenvalue weighted by Gasteiger charge is 2.18. The van der Waals surface area contributed by atoms with E-state index in [9.17, 15) is 8.42 Å². The smallest absolute Gasteiger partial charge is 0.241 e. The van der Waals surface area contributed by atoms with Crippen LogP contribution in [0.2, 0.25) is 0 Å². The van der Waals surface area contributed by atoms with Gasteiger partial charge in [0.05, 0.1) is 12.0 Å². The molecule has 0 saturated heterocycles. The number of ether oxygens (including phenoxy) is 1. The molecule has 22 heavy (non-hydrogen) atoms. The molecule has 122 valence electrons. The average molecular weight is 345 g/mol. The summed E-state index contributed by atoms with van der Waals surface area (Å²) < 4.78 is 32.8. The summed E-state index contributed by atoms with van der Waals surface area (Å²) >= 11 is 0. The first kappa shape index (κ1) is 18.7. The number of hydrogen-bond acceptors (Lipinski definition) is 4. The molecule has 2 rings (SSSR count). The third-order valence-electron chi connectivity index (χ3n) is 3.20. The second kappa shape index (κ2) is 8.33. The number of halogens is 1. The SMILES string of the molecule is CCNCCNS(=O)(=O)c1ccc(OC)c2ccccc12.Cl. The Bertz CT molecular complexity index is 720. The van der Waals surface area contributed by atoms with Crippen LogP contribution in [0, 0.1) is 0 Å². The van der Waals surface area contributed by atoms with Gasteiger partial charge in [-0.15, -0.1) is 12.4 Å². The summed E-state index contributed by atoms with van der Waals surface area (Å²) in [5, 5.41) is 4.53. The highest BCUT2D eigenvalue weighted by Crippen LogP contribution is 2.30. The first-order valence-electron chi connectivity index (χ1n) is 6.86. The summed E-state index contributed by atoms with van der Waals surface area (Å²) in [7, 11) is -1.96. The summed E-state index contributed by atoms with van der Waals surface area (Å²) in [5.41, 5.74) is 0. The Balaban J connectivity index is 0.00000242. The highest BCUT2D eigenvalue weighted by molar-refractivity contribution is 7.89. The summed E-state index contributed by atoms with van der Waals surface area (Å²) in [6.07, 6.45) is 0. The van der Waals surface area contributed by atoms with Crippen molar-refractivity contribution in [2.75, 3.05) is 26.7 Å². The number of methoxy groups -OCH3 is 1. The Morgan fingerprint density at radius 1 is 1.05 bits per heavy atom. The number of likely N-dealkylation sites (N-methyl/N-ethyl adjacent to an activating group) is 1. The zero-order valence-corrected chi connectivity index (χ0v) is 14.3. The van der Waals surface area contributed by atoms with Crippen molar-refractivity contribution in [3.05, 3.63) is 36.4 Å². The summed E-state index contributed by atoms with van der Waals surface area (Å²) in [6.45, 7) is 3.75. The van der Waals surface area contributed by atoms with Crippen molar-refractivity contribution < 1.29 is 13.2 Å². The summed E-state index contributed by atoms with van der Waals surface area (Å²) in [5.74, 6) is 0.664. The molecule has 0 aliphatic carbocycles. The molecule has 0 aliphatic heterocycles. The summed E-state index contributed by atoms with van der Waals surface area (Å²) in [6, 6.07) is 10.6. The van der Waals surface area contributed by atoms with E-state index in [1.807, 2.05) is 25.1 Å². The van der Waals surface area contributed by atoms with Crippen molar-refractivity contribution in [2.24, 2.45) is 0 Å². The van der Waals surface area contributed by atoms with Gasteiger partial charge in [0.15, 0.2) is 0 Å². The molecule has 5 nitrogen and oxygen atoms in total. The topological polar surface area (TPSA) is 67.4 Å². The average Bonchev–Trinajstić information content (AvgIpc) is 2.50. The number of fused-ring (bicyclic) bond motifs is 1. The normalized spacial score (nSPS) is 11.2. The van der Waals surface area contributed by atoms with Gasteiger partial charge in [-0.25, -0.2) is 13.1 Å². The molecule has 0 amide bonds. The van der Waals surface area contributed by atoms with Gasteiger partial charge in [-0.3, -0.25) is 0 Å². The predicted octanol–water partition coefficient (Wildman–Crippen LogP) is 2.16. The van der Waals surface area contributed by atoms with E-state index in [-0.39, 0.29) is 17.3 Å². The molecule has 0 heterocycles. The second-order valence-corrected chi connectivity index (χ2v) is 6.30. The lowest BCUT2D eigenvalue weighted by atomic mass is 10.1. The van der Waals surface area contributed by atoms with Crippen LogP contribution >= 0.6 is 12.4 Å². The van der Waals surface area contributed by atoms with E-state index in [1.165, 1.54) is 0 Å². The van der Waals surface area contributed by atoms with E-state index >= 15 is 0 Å². The number of sulfonamides is 1. The van der Waals surface area contributed by atoms with Gasteiger partial charge in [-0.2, -0.15) is 0 Å². The van der Waals surface area contributed by atoms with Gasteiger partial charge in [0.2, 0.25) is 10.0 Å². The lowest BCUT2D eigenvalue weighted by Crippen LogP contribution is -2.31. The Hall–Kier alpha value is -1.34. The van der Waals surface area contributed by atoms with E-state index in [4.69, 9.17) is 4.74 Å². The fourth-order valence-corrected chi connectivity index (χ4v) is 3.43. The molecule has 0 unspecified atom stereocenters. The van der Waals surface area contributed by atoms with E-state index < -0.39 is 10.0 Å². The zero-order chi connectivity index (χ0) is 15.3. The molecular formula is C15H21ClN2O3S. The molecule has 0 spiro atoms. The van der Waals surface area contributed by atoms with Crippen LogP contribution in [-0.2, 0) is 10.0 Å². The zero-order valence-electron chi connectivity index (χ0n) is 12.6. The lowest BCUT2D eigenvalue weighted by molar-refractivity contribution is 0.419. The molecule has 2 aromatic carbocycles. The van der Waals surface area contributed by atoms with Gasteiger partial charge in [0, 0.05) is 23.9 Å². The number of rotatable bonds is 7. The van der Waals surface area contributed by atoms with Crippen molar-refractivity contribution in [2.45, 2.75) is 11.8 Å². The standard InChI is InChI=1S/C15H20N2O3S.ClH/c1-3-16-10-11-17-21(18,19)15-9-8-14(20-2)12-6-4-5-7-13(12)15;/h4-9,16-17H,3,10-11H2,1-2H3;1H. The third-order valence-corrected chi connectivity index (χ3v) is 4.72. The first-order chi connectivity index (χ1) is 10.1. The van der Waals surface area contributed by atoms with Crippen molar-refractivity contribution in [1.82, 2.24) is 10.0 Å². The van der Waals surface area contributed by atoms with E-state index in [1.54, 1.807) is 25.3 Å². The van der Waals surface area contributed by atoms with Crippen LogP contribution in [0.4, 0.5) is 0 Å². The largest absolute Gasteiger partial charge is 0.496 e. The Morgan fingerprint density at radius 2 is 1.73 bits per heavy atom. The quantitative estimate of drug-likeness (QED) is 0.755. The number of nitrogens with one attached hydrogen (secondary N) is 2. The maximum atomic E-state index is 12.4. The van der Waals surface area contributed by atoms with E-state index in [2.05, 4.69) is 10.0 Å². The maximum Gasteiger partial charge on any atom is 0.241 e. The van der Waals surface area contributed by atoms with Gasteiger partial charge in [0.1, 0.15) is 5.75 Å². The minimum absolute atomic E-state index is 0. The Kier molecular flexibility index (Phi) is 7.09. The van der Waals surface area contributed by atoms with E-state index in [0.717, 1.165) is 11.9 Å². The Labute approximate surface area is 137 Å². The molecule has 0 saturated carbocycles. The van der Waals surface area contributed by atoms with Crippen LogP contribution in [0.15, 0.2) is 41.3 Å². The maximum absolute atomic E-state index is 12.4. The molecule has 7 heteroatoms. The van der Waals surface area contributed by atoms with Crippen LogP contribution in [0.25, 0.3) is 10.8 Å². The highest BCUT2D eigenvalue weighted by atomic mass is 35.5. The second-order valence-electron chi connectivity index (χ2n) is 4.56. The predicted molar refractivity (Wildman–Crippen MR) is 91.5 cm³/mol. The van der Waals surface area contributed by atoms with Crippen LogP contribution in [0.1, 0.15) is 6.92 Å². The molecule has 0 fully saturated rings. The van der Waals surface area contributed by atoms with Crippen LogP contribution < -0.4 is 14.8 Å². The fourth-order valence-electron chi connectivity index (χ4n) is 2.18. The minimum Gasteiger partial charge on any atom is -0.496 e. The molecule has 0 atom stereocenters. The van der Waals surface area contributed by atoms with Crippen LogP contribution in [-0.4, -0.2) is 35.2 Å². The molecule has 0 radical (unpaired) electrons. The number of hydrogen-bond donors (Lipinski definition) is 2. The van der Waals surface area contributed by atoms with Crippen LogP contribution in [0.5, 0.6) is 5.75 Å². The minimum atomic E-state index is -3.54. The van der Waals surface area contributed by atoms with Gasteiger partial charge in [-0.1, -0.05) is 31.2 Å². The van der Waals surface area contributed by atoms with E-state index in [0.29, 0.717) is 24.2 Å². The van der Waals surface area contributed by atoms with Gasteiger partial charge >= 0.3 is 0 Å². The molecule has 2 N–H and O–H groups in total. The van der Waals surface area contributed by atoms with Crippen LogP contribution in [0.3, 0.4) is 0 Å². The molecule has 2 aromatic rings.